The summed E-state index contributed by atoms with van der Waals surface area (Å²) in [5, 5.41) is 12.9. The molecule has 6 nitrogen and oxygen atoms in total. The summed E-state index contributed by atoms with van der Waals surface area (Å²) in [6.45, 7) is 3.63. The minimum absolute atomic E-state index is 0.0123. The Morgan fingerprint density at radius 2 is 1.85 bits per heavy atom. The quantitative estimate of drug-likeness (QED) is 0.613. The highest BCUT2D eigenvalue weighted by molar-refractivity contribution is 7.10. The third-order valence-electron chi connectivity index (χ3n) is 5.45. The van der Waals surface area contributed by atoms with E-state index in [0.29, 0.717) is 11.6 Å². The third kappa shape index (κ3) is 3.37. The highest BCUT2D eigenvalue weighted by atomic mass is 32.1. The second-order valence-corrected chi connectivity index (χ2v) is 7.92. The number of benzene rings is 1. The van der Waals surface area contributed by atoms with Crippen molar-refractivity contribution in [1.82, 2.24) is 9.80 Å². The lowest BCUT2D eigenvalue weighted by Gasteiger charge is -2.40. The van der Waals surface area contributed by atoms with Crippen LogP contribution in [-0.4, -0.2) is 46.3 Å². The molecule has 1 saturated heterocycles. The number of rotatable bonds is 3. The molecular weight excluding hydrogens is 350 g/mol. The van der Waals surface area contributed by atoms with E-state index in [-0.39, 0.29) is 11.6 Å². The molecule has 0 spiro atoms. The summed E-state index contributed by atoms with van der Waals surface area (Å²) in [4.78, 5) is 28.8. The molecule has 1 aromatic heterocycles. The fraction of sp³-hybridized carbons (Fsp3) is 0.421. The van der Waals surface area contributed by atoms with E-state index in [4.69, 9.17) is 0 Å². The molecule has 0 saturated carbocycles. The fourth-order valence-corrected chi connectivity index (χ4v) is 4.87. The van der Waals surface area contributed by atoms with Crippen LogP contribution in [0, 0.1) is 10.1 Å². The Hall–Kier alpha value is -2.25. The van der Waals surface area contributed by atoms with E-state index in [0.717, 1.165) is 45.4 Å². The number of thiophene rings is 1. The number of nitrogens with zero attached hydrogens (tertiary/aromatic N) is 3. The highest BCUT2D eigenvalue weighted by Crippen LogP contribution is 2.28. The molecule has 26 heavy (non-hydrogen) atoms. The summed E-state index contributed by atoms with van der Waals surface area (Å²) < 4.78 is 0. The first kappa shape index (κ1) is 17.2. The summed E-state index contributed by atoms with van der Waals surface area (Å²) in [6.07, 6.45) is 3.10. The van der Waals surface area contributed by atoms with Crippen molar-refractivity contribution < 1.29 is 9.72 Å². The number of likely N-dealkylation sites (tertiary alicyclic amines) is 1. The number of fused-ring (bicyclic) bond motifs is 1. The van der Waals surface area contributed by atoms with Crippen molar-refractivity contribution in [3.05, 3.63) is 61.8 Å². The Bertz CT molecular complexity index is 810. The van der Waals surface area contributed by atoms with Gasteiger partial charge in [0.2, 0.25) is 0 Å². The number of piperidine rings is 1. The predicted octanol–water partition coefficient (Wildman–Crippen LogP) is 3.32. The summed E-state index contributed by atoms with van der Waals surface area (Å²) in [7, 11) is 0. The number of amides is 1. The molecule has 136 valence electrons. The van der Waals surface area contributed by atoms with Crippen LogP contribution in [0.2, 0.25) is 0 Å². The Labute approximate surface area is 156 Å². The van der Waals surface area contributed by atoms with Crippen LogP contribution in [0.15, 0.2) is 35.7 Å². The van der Waals surface area contributed by atoms with E-state index in [2.05, 4.69) is 16.3 Å². The number of non-ortho nitro benzene ring substituents is 1. The maximum atomic E-state index is 12.6. The number of carbonyl (C=O) groups excluding carboxylic acids is 1. The van der Waals surface area contributed by atoms with Crippen LogP contribution in [0.5, 0.6) is 0 Å². The summed E-state index contributed by atoms with van der Waals surface area (Å²) >= 11 is 1.84. The normalized spacial score (nSPS) is 18.5. The average molecular weight is 371 g/mol. The molecule has 0 radical (unpaired) electrons. The van der Waals surface area contributed by atoms with Crippen molar-refractivity contribution in [2.24, 2.45) is 0 Å². The van der Waals surface area contributed by atoms with E-state index in [1.54, 1.807) is 12.1 Å². The van der Waals surface area contributed by atoms with Crippen molar-refractivity contribution in [3.63, 3.8) is 0 Å². The van der Waals surface area contributed by atoms with Crippen molar-refractivity contribution in [2.45, 2.75) is 31.8 Å². The SMILES string of the molecule is O=C(c1ccc([N+](=O)[O-])cc1)N1CCC(N2CCc3ccsc3C2)CC1. The number of carbonyl (C=O) groups is 1. The molecule has 0 N–H and O–H groups in total. The van der Waals surface area contributed by atoms with E-state index in [1.165, 1.54) is 22.6 Å². The van der Waals surface area contributed by atoms with Crippen LogP contribution in [0.4, 0.5) is 5.69 Å². The topological polar surface area (TPSA) is 66.7 Å². The van der Waals surface area contributed by atoms with Gasteiger partial charge in [-0.1, -0.05) is 0 Å². The number of hydrogen-bond donors (Lipinski definition) is 0. The Balaban J connectivity index is 1.34. The predicted molar refractivity (Wildman–Crippen MR) is 100 cm³/mol. The molecular formula is C19H21N3O3S. The first-order valence-electron chi connectivity index (χ1n) is 8.95. The Morgan fingerprint density at radius 1 is 1.12 bits per heavy atom. The zero-order valence-corrected chi connectivity index (χ0v) is 15.3. The molecule has 1 amide bonds. The van der Waals surface area contributed by atoms with Crippen molar-refractivity contribution in [2.75, 3.05) is 19.6 Å². The lowest BCUT2D eigenvalue weighted by atomic mass is 9.99. The molecule has 0 unspecified atom stereocenters. The number of hydrogen-bond acceptors (Lipinski definition) is 5. The van der Waals surface area contributed by atoms with Crippen molar-refractivity contribution in [1.29, 1.82) is 0 Å². The summed E-state index contributed by atoms with van der Waals surface area (Å²) in [5.74, 6) is -0.0301. The first-order chi connectivity index (χ1) is 12.6. The minimum Gasteiger partial charge on any atom is -0.339 e. The van der Waals surface area contributed by atoms with Gasteiger partial charge >= 0.3 is 0 Å². The van der Waals surface area contributed by atoms with E-state index in [9.17, 15) is 14.9 Å². The van der Waals surface area contributed by atoms with Gasteiger partial charge in [0.15, 0.2) is 0 Å². The van der Waals surface area contributed by atoms with Crippen molar-refractivity contribution >= 4 is 22.9 Å². The molecule has 0 aliphatic carbocycles. The molecule has 7 heteroatoms. The molecule has 0 bridgehead atoms. The van der Waals surface area contributed by atoms with Gasteiger partial charge in [0, 0.05) is 54.8 Å². The number of nitro groups is 1. The second-order valence-electron chi connectivity index (χ2n) is 6.92. The minimum atomic E-state index is -0.447. The molecule has 1 aromatic carbocycles. The molecule has 1 fully saturated rings. The largest absolute Gasteiger partial charge is 0.339 e. The second kappa shape index (κ2) is 7.17. The summed E-state index contributed by atoms with van der Waals surface area (Å²) in [5.41, 5.74) is 2.03. The van der Waals surface area contributed by atoms with E-state index in [1.807, 2.05) is 16.2 Å². The lowest BCUT2D eigenvalue weighted by Crippen LogP contribution is -2.47. The Kier molecular flexibility index (Phi) is 4.74. The van der Waals surface area contributed by atoms with E-state index >= 15 is 0 Å². The maximum Gasteiger partial charge on any atom is 0.269 e. The maximum absolute atomic E-state index is 12.6. The molecule has 4 rings (SSSR count). The molecule has 3 heterocycles. The smallest absolute Gasteiger partial charge is 0.269 e. The van der Waals surface area contributed by atoms with Crippen LogP contribution in [-0.2, 0) is 13.0 Å². The van der Waals surface area contributed by atoms with Gasteiger partial charge in [0.05, 0.1) is 4.92 Å². The fourth-order valence-electron chi connectivity index (χ4n) is 3.91. The van der Waals surface area contributed by atoms with Crippen LogP contribution < -0.4 is 0 Å². The van der Waals surface area contributed by atoms with Gasteiger partial charge in [0.25, 0.3) is 11.6 Å². The van der Waals surface area contributed by atoms with Gasteiger partial charge in [0.1, 0.15) is 0 Å². The molecule has 0 atom stereocenters. The summed E-state index contributed by atoms with van der Waals surface area (Å²) in [6, 6.07) is 8.66. The van der Waals surface area contributed by atoms with Crippen LogP contribution in [0.25, 0.3) is 0 Å². The van der Waals surface area contributed by atoms with Gasteiger partial charge in [-0.25, -0.2) is 0 Å². The molecule has 2 aromatic rings. The first-order valence-corrected chi connectivity index (χ1v) is 9.83. The highest BCUT2D eigenvalue weighted by Gasteiger charge is 2.29. The van der Waals surface area contributed by atoms with Crippen LogP contribution in [0.1, 0.15) is 33.6 Å². The average Bonchev–Trinajstić information content (AvgIpc) is 3.15. The van der Waals surface area contributed by atoms with Crippen LogP contribution in [0.3, 0.4) is 0 Å². The molecule has 2 aliphatic heterocycles. The monoisotopic (exact) mass is 371 g/mol. The zero-order valence-electron chi connectivity index (χ0n) is 14.5. The molecule has 2 aliphatic rings. The van der Waals surface area contributed by atoms with Gasteiger partial charge in [-0.3, -0.25) is 19.8 Å². The van der Waals surface area contributed by atoms with Crippen LogP contribution >= 0.6 is 11.3 Å². The van der Waals surface area contributed by atoms with Gasteiger partial charge in [-0.2, -0.15) is 0 Å². The standard InChI is InChI=1S/C19H21N3O3S/c23-19(15-1-3-17(4-2-15)22(24)25)20-10-6-16(7-11-20)21-9-5-14-8-12-26-18(14)13-21/h1-4,8,12,16H,5-7,9-11,13H2. The van der Waals surface area contributed by atoms with Gasteiger partial charge < -0.3 is 4.90 Å². The number of nitro benzene ring substituents is 1. The van der Waals surface area contributed by atoms with Crippen molar-refractivity contribution in [3.8, 4) is 0 Å². The zero-order chi connectivity index (χ0) is 18.1. The van der Waals surface area contributed by atoms with E-state index < -0.39 is 4.92 Å². The Morgan fingerprint density at radius 3 is 2.54 bits per heavy atom. The lowest BCUT2D eigenvalue weighted by molar-refractivity contribution is -0.384. The third-order valence-corrected chi connectivity index (χ3v) is 6.39. The van der Waals surface area contributed by atoms with Gasteiger partial charge in [-0.05, 0) is 48.4 Å². The van der Waals surface area contributed by atoms with Gasteiger partial charge in [-0.15, -0.1) is 11.3 Å².